The van der Waals surface area contributed by atoms with Gasteiger partial charge in [0, 0.05) is 10.5 Å². The molecule has 1 fully saturated rings. The molecule has 1 heterocycles. The third-order valence-electron chi connectivity index (χ3n) is 2.75. The van der Waals surface area contributed by atoms with Gasteiger partial charge in [-0.15, -0.1) is 0 Å². The molecule has 1 aromatic carbocycles. The molecular weight excluding hydrogens is 289 g/mol. The highest BCUT2D eigenvalue weighted by atomic mass is 79.9. The van der Waals surface area contributed by atoms with Crippen molar-refractivity contribution >= 4 is 27.5 Å². The molecule has 1 aromatic rings. The largest absolute Gasteiger partial charge is 0.490 e. The molecule has 1 aliphatic heterocycles. The lowest BCUT2D eigenvalue weighted by Crippen LogP contribution is -2.38. The van der Waals surface area contributed by atoms with Crippen LogP contribution >= 0.6 is 27.5 Å². The Morgan fingerprint density at radius 2 is 2.31 bits per heavy atom. The van der Waals surface area contributed by atoms with E-state index in [1.54, 1.807) is 0 Å². The highest BCUT2D eigenvalue weighted by molar-refractivity contribution is 9.10. The first-order valence-electron chi connectivity index (χ1n) is 5.57. The van der Waals surface area contributed by atoms with E-state index in [4.69, 9.17) is 16.3 Å². The van der Waals surface area contributed by atoms with Crippen molar-refractivity contribution in [2.75, 3.05) is 13.2 Å². The molecule has 0 spiro atoms. The fourth-order valence-corrected chi connectivity index (χ4v) is 2.58. The molecule has 0 aliphatic carbocycles. The normalized spacial score (nSPS) is 20.8. The van der Waals surface area contributed by atoms with Gasteiger partial charge in [0.25, 0.3) is 0 Å². The lowest BCUT2D eigenvalue weighted by atomic mass is 10.1. The van der Waals surface area contributed by atoms with Crippen LogP contribution in [0.3, 0.4) is 0 Å². The summed E-state index contributed by atoms with van der Waals surface area (Å²) >= 11 is 9.44. The van der Waals surface area contributed by atoms with Crippen LogP contribution in [-0.2, 0) is 0 Å². The van der Waals surface area contributed by atoms with Crippen LogP contribution in [0.1, 0.15) is 19.3 Å². The molecule has 4 heteroatoms. The van der Waals surface area contributed by atoms with Crippen molar-refractivity contribution in [2.24, 2.45) is 0 Å². The van der Waals surface area contributed by atoms with E-state index in [0.717, 1.165) is 16.8 Å². The number of hydrogen-bond donors (Lipinski definition) is 1. The summed E-state index contributed by atoms with van der Waals surface area (Å²) in [5.41, 5.74) is 0. The van der Waals surface area contributed by atoms with E-state index in [0.29, 0.717) is 17.7 Å². The summed E-state index contributed by atoms with van der Waals surface area (Å²) in [5.74, 6) is 0.761. The van der Waals surface area contributed by atoms with Crippen molar-refractivity contribution in [3.63, 3.8) is 0 Å². The number of benzene rings is 1. The van der Waals surface area contributed by atoms with Gasteiger partial charge in [0.2, 0.25) is 0 Å². The standard InChI is InChI=1S/C12H15BrClNO/c13-9-4-5-12(11(14)7-9)16-8-10-3-1-2-6-15-10/h4-5,7,10,15H,1-3,6,8H2. The monoisotopic (exact) mass is 303 g/mol. The molecule has 2 rings (SSSR count). The minimum absolute atomic E-state index is 0.466. The van der Waals surface area contributed by atoms with Crippen LogP contribution in [-0.4, -0.2) is 19.2 Å². The van der Waals surface area contributed by atoms with Gasteiger partial charge in [-0.2, -0.15) is 0 Å². The van der Waals surface area contributed by atoms with E-state index < -0.39 is 0 Å². The summed E-state index contributed by atoms with van der Waals surface area (Å²) in [4.78, 5) is 0. The van der Waals surface area contributed by atoms with E-state index in [2.05, 4.69) is 21.2 Å². The van der Waals surface area contributed by atoms with Gasteiger partial charge in [-0.05, 0) is 37.6 Å². The molecule has 0 saturated carbocycles. The van der Waals surface area contributed by atoms with E-state index >= 15 is 0 Å². The quantitative estimate of drug-likeness (QED) is 0.921. The molecule has 1 atom stereocenters. The molecule has 0 aromatic heterocycles. The van der Waals surface area contributed by atoms with Crippen molar-refractivity contribution in [1.82, 2.24) is 5.32 Å². The highest BCUT2D eigenvalue weighted by Crippen LogP contribution is 2.28. The fourth-order valence-electron chi connectivity index (χ4n) is 1.85. The molecule has 1 N–H and O–H groups in total. The van der Waals surface area contributed by atoms with Crippen LogP contribution in [0.2, 0.25) is 5.02 Å². The van der Waals surface area contributed by atoms with Crippen LogP contribution in [0, 0.1) is 0 Å². The minimum atomic E-state index is 0.466. The van der Waals surface area contributed by atoms with Crippen LogP contribution in [0.25, 0.3) is 0 Å². The Kier molecular flexibility index (Phi) is 4.50. The maximum Gasteiger partial charge on any atom is 0.138 e. The second-order valence-corrected chi connectivity index (χ2v) is 5.36. The Morgan fingerprint density at radius 1 is 1.44 bits per heavy atom. The summed E-state index contributed by atoms with van der Waals surface area (Å²) < 4.78 is 6.69. The lowest BCUT2D eigenvalue weighted by Gasteiger charge is -2.23. The van der Waals surface area contributed by atoms with Gasteiger partial charge in [-0.1, -0.05) is 34.0 Å². The van der Waals surface area contributed by atoms with E-state index in [9.17, 15) is 0 Å². The van der Waals surface area contributed by atoms with Crippen LogP contribution < -0.4 is 10.1 Å². The zero-order chi connectivity index (χ0) is 11.4. The first-order chi connectivity index (χ1) is 7.75. The summed E-state index contributed by atoms with van der Waals surface area (Å²) in [6.45, 7) is 1.80. The molecule has 2 nitrogen and oxygen atoms in total. The van der Waals surface area contributed by atoms with Crippen molar-refractivity contribution in [3.05, 3.63) is 27.7 Å². The molecule has 0 radical (unpaired) electrons. The molecule has 1 aliphatic rings. The molecule has 1 unspecified atom stereocenters. The van der Waals surface area contributed by atoms with Crippen LogP contribution in [0.5, 0.6) is 5.75 Å². The van der Waals surface area contributed by atoms with Crippen molar-refractivity contribution < 1.29 is 4.74 Å². The Labute approximate surface area is 109 Å². The van der Waals surface area contributed by atoms with Gasteiger partial charge in [-0.3, -0.25) is 0 Å². The molecule has 1 saturated heterocycles. The number of hydrogen-bond acceptors (Lipinski definition) is 2. The zero-order valence-corrected chi connectivity index (χ0v) is 11.4. The molecular formula is C12H15BrClNO. The number of ether oxygens (including phenoxy) is 1. The second-order valence-electron chi connectivity index (χ2n) is 4.03. The Bertz CT molecular complexity index is 353. The Balaban J connectivity index is 1.88. The zero-order valence-electron chi connectivity index (χ0n) is 9.01. The summed E-state index contributed by atoms with van der Waals surface area (Å²) in [6, 6.07) is 6.16. The summed E-state index contributed by atoms with van der Waals surface area (Å²) in [6.07, 6.45) is 3.75. The molecule has 16 heavy (non-hydrogen) atoms. The predicted molar refractivity (Wildman–Crippen MR) is 70.3 cm³/mol. The predicted octanol–water partition coefficient (Wildman–Crippen LogP) is 3.62. The van der Waals surface area contributed by atoms with E-state index in [1.807, 2.05) is 18.2 Å². The summed E-state index contributed by atoms with van der Waals surface area (Å²) in [7, 11) is 0. The number of nitrogens with one attached hydrogen (secondary N) is 1. The first-order valence-corrected chi connectivity index (χ1v) is 6.74. The Morgan fingerprint density at radius 3 is 3.00 bits per heavy atom. The van der Waals surface area contributed by atoms with Crippen LogP contribution in [0.4, 0.5) is 0 Å². The number of halogens is 2. The third-order valence-corrected chi connectivity index (χ3v) is 3.53. The maximum absolute atomic E-state index is 6.07. The van der Waals surface area contributed by atoms with Gasteiger partial charge < -0.3 is 10.1 Å². The number of rotatable bonds is 3. The Hall–Kier alpha value is -0.250. The van der Waals surface area contributed by atoms with Gasteiger partial charge in [0.05, 0.1) is 5.02 Å². The van der Waals surface area contributed by atoms with Gasteiger partial charge in [0.15, 0.2) is 0 Å². The second kappa shape index (κ2) is 5.89. The number of piperidine rings is 1. The lowest BCUT2D eigenvalue weighted by molar-refractivity contribution is 0.239. The average molecular weight is 305 g/mol. The van der Waals surface area contributed by atoms with Crippen molar-refractivity contribution in [2.45, 2.75) is 25.3 Å². The third kappa shape index (κ3) is 3.37. The van der Waals surface area contributed by atoms with Crippen LogP contribution in [0.15, 0.2) is 22.7 Å². The fraction of sp³-hybridized carbons (Fsp3) is 0.500. The van der Waals surface area contributed by atoms with Gasteiger partial charge >= 0.3 is 0 Å². The SMILES string of the molecule is Clc1cc(Br)ccc1OCC1CCCCN1. The van der Waals surface area contributed by atoms with Crippen molar-refractivity contribution in [3.8, 4) is 5.75 Å². The summed E-state index contributed by atoms with van der Waals surface area (Å²) in [5, 5.41) is 4.10. The maximum atomic E-state index is 6.07. The highest BCUT2D eigenvalue weighted by Gasteiger charge is 2.13. The van der Waals surface area contributed by atoms with E-state index in [-0.39, 0.29) is 0 Å². The smallest absolute Gasteiger partial charge is 0.138 e. The topological polar surface area (TPSA) is 21.3 Å². The molecule has 88 valence electrons. The average Bonchev–Trinajstić information content (AvgIpc) is 2.29. The molecule has 0 amide bonds. The molecule has 0 bridgehead atoms. The van der Waals surface area contributed by atoms with Gasteiger partial charge in [0.1, 0.15) is 12.4 Å². The van der Waals surface area contributed by atoms with Gasteiger partial charge in [-0.25, -0.2) is 0 Å². The van der Waals surface area contributed by atoms with Crippen molar-refractivity contribution in [1.29, 1.82) is 0 Å². The first kappa shape index (κ1) is 12.2. The van der Waals surface area contributed by atoms with E-state index in [1.165, 1.54) is 19.3 Å². The minimum Gasteiger partial charge on any atom is -0.490 e.